The Hall–Kier alpha value is -3.22. The van der Waals surface area contributed by atoms with Crippen LogP contribution in [0.2, 0.25) is 0 Å². The number of fused-ring (bicyclic) bond motifs is 1. The lowest BCUT2D eigenvalue weighted by Gasteiger charge is -2.21. The van der Waals surface area contributed by atoms with Gasteiger partial charge < -0.3 is 4.74 Å². The number of amides is 2. The van der Waals surface area contributed by atoms with Crippen molar-refractivity contribution in [1.82, 2.24) is 5.01 Å². The fraction of sp³-hybridized carbons (Fsp3) is 0.300. The molecule has 1 saturated heterocycles. The molecule has 4 rings (SSSR count). The molecule has 2 aromatic carbocycles. The highest BCUT2D eigenvalue weighted by molar-refractivity contribution is 6.25. The second kappa shape index (κ2) is 6.83. The number of rotatable bonds is 5. The van der Waals surface area contributed by atoms with Gasteiger partial charge in [-0.25, -0.2) is 4.90 Å². The molecule has 2 unspecified atom stereocenters. The Morgan fingerprint density at radius 3 is 2.56 bits per heavy atom. The summed E-state index contributed by atoms with van der Waals surface area (Å²) >= 11 is 0. The Morgan fingerprint density at radius 2 is 1.85 bits per heavy atom. The van der Waals surface area contributed by atoms with Crippen molar-refractivity contribution in [3.05, 3.63) is 59.7 Å². The minimum absolute atomic E-state index is 0.299. The summed E-state index contributed by atoms with van der Waals surface area (Å²) in [5, 5.41) is 9.75. The Labute approximate surface area is 157 Å². The van der Waals surface area contributed by atoms with Crippen LogP contribution in [0.15, 0.2) is 58.9 Å². The number of carbonyl (C=O) groups is 2. The number of hydrogen-bond acceptors (Lipinski definition) is 6. The topological polar surface area (TPSA) is 74.6 Å². The van der Waals surface area contributed by atoms with Crippen LogP contribution in [0.3, 0.4) is 0 Å². The fourth-order valence-electron chi connectivity index (χ4n) is 3.46. The highest BCUT2D eigenvalue weighted by Crippen LogP contribution is 2.33. The third-order valence-corrected chi connectivity index (χ3v) is 4.69. The van der Waals surface area contributed by atoms with Gasteiger partial charge in [0.15, 0.2) is 12.1 Å². The summed E-state index contributed by atoms with van der Waals surface area (Å²) in [5.74, 6) is 0.0535. The molecule has 0 aromatic heterocycles. The molecule has 0 aliphatic carbocycles. The molecule has 7 heteroatoms. The molecule has 0 saturated carbocycles. The van der Waals surface area contributed by atoms with Crippen LogP contribution in [0.5, 0.6) is 5.75 Å². The molecule has 27 heavy (non-hydrogen) atoms. The van der Waals surface area contributed by atoms with Gasteiger partial charge in [0.2, 0.25) is 0 Å². The maximum atomic E-state index is 13.0. The average Bonchev–Trinajstić information content (AvgIpc) is 3.17. The molecule has 0 radical (unpaired) electrons. The van der Waals surface area contributed by atoms with Crippen LogP contribution in [-0.2, 0) is 16.1 Å². The molecular weight excluding hydrogens is 344 g/mol. The van der Waals surface area contributed by atoms with E-state index in [1.54, 1.807) is 29.3 Å². The van der Waals surface area contributed by atoms with E-state index in [9.17, 15) is 9.59 Å². The van der Waals surface area contributed by atoms with Crippen LogP contribution in [0, 0.1) is 6.92 Å². The maximum absolute atomic E-state index is 13.0. The molecule has 7 nitrogen and oxygen atoms in total. The van der Waals surface area contributed by atoms with E-state index < -0.39 is 12.1 Å². The minimum Gasteiger partial charge on any atom is -0.494 e. The highest BCUT2D eigenvalue weighted by atomic mass is 16.5. The van der Waals surface area contributed by atoms with Gasteiger partial charge in [-0.15, -0.1) is 0 Å². The maximum Gasteiger partial charge on any atom is 0.263 e. The normalized spacial score (nSPS) is 21.1. The van der Waals surface area contributed by atoms with Crippen LogP contribution < -0.4 is 9.64 Å². The number of anilines is 1. The highest BCUT2D eigenvalue weighted by Gasteiger charge is 2.54. The minimum atomic E-state index is -0.783. The molecule has 2 aromatic rings. The second-order valence-electron chi connectivity index (χ2n) is 6.62. The van der Waals surface area contributed by atoms with Crippen LogP contribution in [0.25, 0.3) is 0 Å². The number of benzene rings is 2. The second-order valence-corrected chi connectivity index (χ2v) is 6.62. The molecule has 0 spiro atoms. The number of aryl methyl sites for hydroxylation is 1. The van der Waals surface area contributed by atoms with E-state index in [2.05, 4.69) is 10.3 Å². The van der Waals surface area contributed by atoms with Gasteiger partial charge in [0.1, 0.15) is 5.75 Å². The first-order valence-electron chi connectivity index (χ1n) is 8.92. The summed E-state index contributed by atoms with van der Waals surface area (Å²) in [7, 11) is 0. The number of carbonyl (C=O) groups excluding carboxylic acids is 2. The molecule has 2 atom stereocenters. The first-order valence-corrected chi connectivity index (χ1v) is 8.92. The first-order chi connectivity index (χ1) is 13.1. The third kappa shape index (κ3) is 3.05. The molecule has 2 aliphatic heterocycles. The standard InChI is InChI=1S/C20H20N4O3/c1-3-27-16-9-7-15(8-10-16)24-19(25)17-18(20(24)26)23(22-21-17)12-14-6-4-5-13(2)11-14/h4-11,17-18H,3,12H2,1-2H3. The lowest BCUT2D eigenvalue weighted by atomic mass is 10.1. The van der Waals surface area contributed by atoms with Crippen molar-refractivity contribution >= 4 is 17.5 Å². The Morgan fingerprint density at radius 1 is 1.07 bits per heavy atom. The van der Waals surface area contributed by atoms with Gasteiger partial charge in [0, 0.05) is 0 Å². The summed E-state index contributed by atoms with van der Waals surface area (Å²) in [4.78, 5) is 26.9. The summed E-state index contributed by atoms with van der Waals surface area (Å²) in [5.41, 5.74) is 2.67. The van der Waals surface area contributed by atoms with Crippen molar-refractivity contribution in [2.24, 2.45) is 10.3 Å². The van der Waals surface area contributed by atoms with Gasteiger partial charge in [0.25, 0.3) is 11.8 Å². The third-order valence-electron chi connectivity index (χ3n) is 4.69. The summed E-state index contributed by atoms with van der Waals surface area (Å²) in [6.45, 7) is 4.90. The fourth-order valence-corrected chi connectivity index (χ4v) is 3.46. The van der Waals surface area contributed by atoms with Crippen molar-refractivity contribution in [1.29, 1.82) is 0 Å². The van der Waals surface area contributed by atoms with Crippen LogP contribution in [0.4, 0.5) is 5.69 Å². The SMILES string of the molecule is CCOc1ccc(N2C(=O)C3N=NN(Cc4cccc(C)c4)C3C2=O)cc1. The van der Waals surface area contributed by atoms with Crippen LogP contribution >= 0.6 is 0 Å². The van der Waals surface area contributed by atoms with Gasteiger partial charge in [0.05, 0.1) is 18.8 Å². The number of ether oxygens (including phenoxy) is 1. The van der Waals surface area contributed by atoms with E-state index in [1.807, 2.05) is 38.1 Å². The van der Waals surface area contributed by atoms with E-state index in [-0.39, 0.29) is 11.8 Å². The quantitative estimate of drug-likeness (QED) is 0.765. The van der Waals surface area contributed by atoms with Gasteiger partial charge >= 0.3 is 0 Å². The Balaban J connectivity index is 1.56. The smallest absolute Gasteiger partial charge is 0.263 e. The van der Waals surface area contributed by atoms with Gasteiger partial charge in [-0.3, -0.25) is 14.6 Å². The molecule has 138 valence electrons. The van der Waals surface area contributed by atoms with Crippen LogP contribution in [0.1, 0.15) is 18.1 Å². The van der Waals surface area contributed by atoms with E-state index in [0.29, 0.717) is 24.6 Å². The molecule has 0 bridgehead atoms. The molecular formula is C20H20N4O3. The molecule has 2 amide bonds. The first kappa shape index (κ1) is 17.2. The summed E-state index contributed by atoms with van der Waals surface area (Å²) in [6.07, 6.45) is 0. The van der Waals surface area contributed by atoms with E-state index in [0.717, 1.165) is 11.1 Å². The predicted molar refractivity (Wildman–Crippen MR) is 99.3 cm³/mol. The van der Waals surface area contributed by atoms with Gasteiger partial charge in [-0.2, -0.15) is 5.11 Å². The van der Waals surface area contributed by atoms with E-state index in [1.165, 1.54) is 4.90 Å². The summed E-state index contributed by atoms with van der Waals surface area (Å²) in [6, 6.07) is 13.4. The molecule has 0 N–H and O–H groups in total. The Kier molecular flexibility index (Phi) is 4.35. The number of nitrogens with zero attached hydrogens (tertiary/aromatic N) is 4. The Bertz CT molecular complexity index is 910. The number of hydrogen-bond donors (Lipinski definition) is 0. The largest absolute Gasteiger partial charge is 0.494 e. The molecule has 2 heterocycles. The summed E-state index contributed by atoms with van der Waals surface area (Å²) < 4.78 is 5.41. The van der Waals surface area contributed by atoms with Crippen molar-refractivity contribution in [2.75, 3.05) is 11.5 Å². The zero-order valence-electron chi connectivity index (χ0n) is 15.2. The van der Waals surface area contributed by atoms with Gasteiger partial charge in [-0.05, 0) is 43.7 Å². The van der Waals surface area contributed by atoms with E-state index >= 15 is 0 Å². The zero-order chi connectivity index (χ0) is 19.0. The average molecular weight is 364 g/mol. The van der Waals surface area contributed by atoms with Crippen molar-refractivity contribution in [2.45, 2.75) is 32.5 Å². The molecule has 1 fully saturated rings. The van der Waals surface area contributed by atoms with Crippen molar-refractivity contribution in [3.63, 3.8) is 0 Å². The van der Waals surface area contributed by atoms with Crippen molar-refractivity contribution < 1.29 is 14.3 Å². The van der Waals surface area contributed by atoms with Gasteiger partial charge in [-0.1, -0.05) is 35.1 Å². The number of imide groups is 1. The molecule has 2 aliphatic rings. The van der Waals surface area contributed by atoms with Crippen molar-refractivity contribution in [3.8, 4) is 5.75 Å². The lowest BCUT2D eigenvalue weighted by molar-refractivity contribution is -0.123. The lowest BCUT2D eigenvalue weighted by Crippen LogP contribution is -2.39. The monoisotopic (exact) mass is 364 g/mol. The van der Waals surface area contributed by atoms with Crippen LogP contribution in [-0.4, -0.2) is 35.5 Å². The predicted octanol–water partition coefficient (Wildman–Crippen LogP) is 2.89. The van der Waals surface area contributed by atoms with E-state index in [4.69, 9.17) is 4.74 Å². The zero-order valence-corrected chi connectivity index (χ0v) is 15.2.